The lowest BCUT2D eigenvalue weighted by Gasteiger charge is -2.57. The van der Waals surface area contributed by atoms with E-state index in [1.54, 1.807) is 0 Å². The van der Waals surface area contributed by atoms with Crippen molar-refractivity contribution in [2.45, 2.75) is 76.2 Å². The molecule has 0 rings (SSSR count). The summed E-state index contributed by atoms with van der Waals surface area (Å²) in [6, 6.07) is 0. The molecule has 0 aromatic carbocycles. The van der Waals surface area contributed by atoms with E-state index < -0.39 is 0 Å². The van der Waals surface area contributed by atoms with Crippen molar-refractivity contribution in [3.8, 4) is 0 Å². The van der Waals surface area contributed by atoms with E-state index in [9.17, 15) is 0 Å². The smallest absolute Gasteiger partial charge is 0.0218 e. The molecule has 104 valence electrons. The van der Waals surface area contributed by atoms with Gasteiger partial charge in [0.15, 0.2) is 0 Å². The molecule has 0 aliphatic heterocycles. The minimum atomic E-state index is 0.337. The third kappa shape index (κ3) is 3.26. The summed E-state index contributed by atoms with van der Waals surface area (Å²) in [6.07, 6.45) is 0. The Labute approximate surface area is 111 Å². The third-order valence-corrected chi connectivity index (χ3v) is 5.06. The molecule has 0 heteroatoms. The fourth-order valence-electron chi connectivity index (χ4n) is 4.28. The summed E-state index contributed by atoms with van der Waals surface area (Å²) in [4.78, 5) is 0. The molecular weight excluding hydrogens is 204 g/mol. The van der Waals surface area contributed by atoms with Gasteiger partial charge in [0.05, 0.1) is 0 Å². The molecule has 0 saturated carbocycles. The molecule has 0 nitrogen and oxygen atoms in total. The fourth-order valence-corrected chi connectivity index (χ4v) is 4.28. The van der Waals surface area contributed by atoms with Crippen LogP contribution in [0.3, 0.4) is 0 Å². The highest BCUT2D eigenvalue weighted by Gasteiger charge is 2.51. The van der Waals surface area contributed by atoms with Crippen LogP contribution >= 0.6 is 0 Å². The van der Waals surface area contributed by atoms with Crippen molar-refractivity contribution in [2.24, 2.45) is 34.0 Å². The van der Waals surface area contributed by atoms with Crippen molar-refractivity contribution in [1.82, 2.24) is 0 Å². The molecule has 2 atom stereocenters. The lowest BCUT2D eigenvalue weighted by atomic mass is 9.48. The van der Waals surface area contributed by atoms with Crippen molar-refractivity contribution in [3.05, 3.63) is 0 Å². The predicted octanol–water partition coefficient (Wildman–Crippen LogP) is 6.01. The van der Waals surface area contributed by atoms with Crippen LogP contribution < -0.4 is 0 Å². The van der Waals surface area contributed by atoms with Gasteiger partial charge in [-0.15, -0.1) is 0 Å². The summed E-state index contributed by atoms with van der Waals surface area (Å²) in [5.74, 6) is 2.16. The van der Waals surface area contributed by atoms with Gasteiger partial charge >= 0.3 is 0 Å². The third-order valence-electron chi connectivity index (χ3n) is 5.06. The number of hydrogen-bond acceptors (Lipinski definition) is 0. The molecule has 0 saturated heterocycles. The fraction of sp³-hybridized carbons (Fsp3) is 1.00. The van der Waals surface area contributed by atoms with Crippen LogP contribution in [0.25, 0.3) is 0 Å². The molecule has 2 unspecified atom stereocenters. The van der Waals surface area contributed by atoms with Gasteiger partial charge in [-0.2, -0.15) is 0 Å². The maximum atomic E-state index is 2.51. The van der Waals surface area contributed by atoms with E-state index in [4.69, 9.17) is 0 Å². The normalized spacial score (nSPS) is 19.6. The molecule has 0 aromatic rings. The first-order chi connectivity index (χ1) is 7.26. The molecule has 17 heavy (non-hydrogen) atoms. The van der Waals surface area contributed by atoms with E-state index in [2.05, 4.69) is 76.2 Å². The first-order valence-electron chi connectivity index (χ1n) is 7.26. The SMILES string of the molecule is CC(C)C(C(C)(C)C)C(C)(C(C)C)C(C)(C)C. The quantitative estimate of drug-likeness (QED) is 0.566. The van der Waals surface area contributed by atoms with E-state index >= 15 is 0 Å². The van der Waals surface area contributed by atoms with Crippen molar-refractivity contribution >= 4 is 0 Å². The summed E-state index contributed by atoms with van der Waals surface area (Å²) in [7, 11) is 0. The molecule has 0 N–H and O–H groups in total. The van der Waals surface area contributed by atoms with E-state index in [1.165, 1.54) is 0 Å². The van der Waals surface area contributed by atoms with Gasteiger partial charge in [-0.25, -0.2) is 0 Å². The zero-order valence-electron chi connectivity index (χ0n) is 14.2. The standard InChI is InChI=1S/C17H36/c1-12(2)14(15(5,6)7)17(11,13(3)4)16(8,9)10/h12-14H,1-11H3. The molecule has 0 amide bonds. The Morgan fingerprint density at radius 1 is 0.647 bits per heavy atom. The van der Waals surface area contributed by atoms with Crippen LogP contribution in [0.4, 0.5) is 0 Å². The highest BCUT2D eigenvalue weighted by molar-refractivity contribution is 4.99. The van der Waals surface area contributed by atoms with Gasteiger partial charge in [-0.1, -0.05) is 76.2 Å². The zero-order chi connectivity index (χ0) is 14.2. The summed E-state index contributed by atoms with van der Waals surface area (Å²) in [5, 5.41) is 0. The molecule has 0 heterocycles. The molecule has 0 radical (unpaired) electrons. The lowest BCUT2D eigenvalue weighted by molar-refractivity contribution is -0.0846. The average molecular weight is 240 g/mol. The molecular formula is C17H36. The van der Waals surface area contributed by atoms with Crippen molar-refractivity contribution in [2.75, 3.05) is 0 Å². The molecule has 0 fully saturated rings. The Kier molecular flexibility index (Phi) is 4.94. The van der Waals surface area contributed by atoms with Gasteiger partial charge < -0.3 is 0 Å². The summed E-state index contributed by atoms with van der Waals surface area (Å²) in [6.45, 7) is 26.5. The van der Waals surface area contributed by atoms with Crippen molar-refractivity contribution in [3.63, 3.8) is 0 Å². The van der Waals surface area contributed by atoms with Gasteiger partial charge in [0.2, 0.25) is 0 Å². The lowest BCUT2D eigenvalue weighted by Crippen LogP contribution is -2.50. The highest BCUT2D eigenvalue weighted by atomic mass is 14.6. The summed E-state index contributed by atoms with van der Waals surface area (Å²) >= 11 is 0. The Bertz CT molecular complexity index is 234. The van der Waals surface area contributed by atoms with Gasteiger partial charge in [-0.3, -0.25) is 0 Å². The molecule has 0 bridgehead atoms. The first kappa shape index (κ1) is 17.0. The highest BCUT2D eigenvalue weighted by Crippen LogP contribution is 2.57. The second kappa shape index (κ2) is 4.94. The molecule has 0 aliphatic rings. The molecule has 0 aliphatic carbocycles. The monoisotopic (exact) mass is 240 g/mol. The maximum absolute atomic E-state index is 2.51. The van der Waals surface area contributed by atoms with Crippen molar-refractivity contribution in [1.29, 1.82) is 0 Å². The van der Waals surface area contributed by atoms with Crippen LogP contribution in [0.1, 0.15) is 76.2 Å². The van der Waals surface area contributed by atoms with Crippen LogP contribution in [0.15, 0.2) is 0 Å². The Balaban J connectivity index is 5.74. The van der Waals surface area contributed by atoms with Gasteiger partial charge in [-0.05, 0) is 34.0 Å². The Hall–Kier alpha value is 0. The average Bonchev–Trinajstić information content (AvgIpc) is 1.97. The Morgan fingerprint density at radius 3 is 1.06 bits per heavy atom. The second-order valence-electron chi connectivity index (χ2n) is 8.78. The van der Waals surface area contributed by atoms with Crippen LogP contribution in [-0.2, 0) is 0 Å². The summed E-state index contributed by atoms with van der Waals surface area (Å²) < 4.78 is 0. The number of rotatable bonds is 3. The minimum absolute atomic E-state index is 0.337. The van der Waals surface area contributed by atoms with E-state index in [0.717, 1.165) is 11.8 Å². The van der Waals surface area contributed by atoms with E-state index in [1.807, 2.05) is 0 Å². The van der Waals surface area contributed by atoms with Gasteiger partial charge in [0.1, 0.15) is 0 Å². The second-order valence-corrected chi connectivity index (χ2v) is 8.78. The Morgan fingerprint density at radius 2 is 1.00 bits per heavy atom. The zero-order valence-corrected chi connectivity index (χ0v) is 14.2. The molecule has 0 spiro atoms. The summed E-state index contributed by atoms with van der Waals surface area (Å²) in [5.41, 5.74) is 1.06. The maximum Gasteiger partial charge on any atom is -0.0218 e. The van der Waals surface area contributed by atoms with Crippen LogP contribution in [-0.4, -0.2) is 0 Å². The van der Waals surface area contributed by atoms with Crippen LogP contribution in [0.5, 0.6) is 0 Å². The van der Waals surface area contributed by atoms with Crippen LogP contribution in [0, 0.1) is 34.0 Å². The van der Waals surface area contributed by atoms with E-state index in [-0.39, 0.29) is 0 Å². The largest absolute Gasteiger partial charge is 0.0625 e. The number of hydrogen-bond donors (Lipinski definition) is 0. The molecule has 0 aromatic heterocycles. The van der Waals surface area contributed by atoms with E-state index in [0.29, 0.717) is 22.2 Å². The van der Waals surface area contributed by atoms with Gasteiger partial charge in [0, 0.05) is 0 Å². The van der Waals surface area contributed by atoms with Gasteiger partial charge in [0.25, 0.3) is 0 Å². The predicted molar refractivity (Wildman–Crippen MR) is 80.2 cm³/mol. The minimum Gasteiger partial charge on any atom is -0.0625 e. The van der Waals surface area contributed by atoms with Crippen LogP contribution in [0.2, 0.25) is 0 Å². The first-order valence-corrected chi connectivity index (χ1v) is 7.26. The topological polar surface area (TPSA) is 0 Å². The van der Waals surface area contributed by atoms with Crippen molar-refractivity contribution < 1.29 is 0 Å².